The summed E-state index contributed by atoms with van der Waals surface area (Å²) in [5.41, 5.74) is 3.18. The number of oxazole rings is 1. The van der Waals surface area contributed by atoms with Crippen molar-refractivity contribution in [1.82, 2.24) is 13.8 Å². The lowest BCUT2D eigenvalue weighted by Gasteiger charge is -2.43. The molecule has 1 unspecified atom stereocenters. The normalized spacial score (nSPS) is 20.2. The van der Waals surface area contributed by atoms with Crippen molar-refractivity contribution >= 4 is 32.7 Å². The number of rotatable bonds is 4. The number of carbonyl (C=O) groups excluding carboxylic acids is 1. The molecule has 2 fully saturated rings. The zero-order chi connectivity index (χ0) is 25.6. The van der Waals surface area contributed by atoms with Gasteiger partial charge >= 0.3 is 5.76 Å². The van der Waals surface area contributed by atoms with Crippen molar-refractivity contribution < 1.29 is 17.6 Å². The molecule has 0 aliphatic carbocycles. The summed E-state index contributed by atoms with van der Waals surface area (Å²) >= 11 is 0. The van der Waals surface area contributed by atoms with Crippen LogP contribution in [0.1, 0.15) is 25.3 Å². The number of carbonyl (C=O) groups is 1. The minimum atomic E-state index is -3.75. The van der Waals surface area contributed by atoms with Crippen molar-refractivity contribution in [3.05, 3.63) is 58.6 Å². The number of fused-ring (bicyclic) bond motifs is 1. The Kier molecular flexibility index (Phi) is 6.42. The number of piperazine rings is 1. The number of piperidine rings is 1. The number of nitrogens with zero attached hydrogens (tertiary/aromatic N) is 4. The first kappa shape index (κ1) is 24.6. The molecule has 5 rings (SSSR count). The lowest BCUT2D eigenvalue weighted by molar-refractivity contribution is -0.137. The van der Waals surface area contributed by atoms with Crippen molar-refractivity contribution in [2.75, 3.05) is 37.6 Å². The van der Waals surface area contributed by atoms with Crippen LogP contribution in [-0.2, 0) is 21.9 Å². The second-order valence-corrected chi connectivity index (χ2v) is 11.8. The summed E-state index contributed by atoms with van der Waals surface area (Å²) < 4.78 is 34.4. The number of anilines is 1. The van der Waals surface area contributed by atoms with Gasteiger partial charge in [-0.2, -0.15) is 4.31 Å². The Labute approximate surface area is 210 Å². The van der Waals surface area contributed by atoms with E-state index in [0.29, 0.717) is 31.4 Å². The molecule has 0 N–H and O–H groups in total. The maximum absolute atomic E-state index is 13.3. The van der Waals surface area contributed by atoms with Gasteiger partial charge in [0.2, 0.25) is 15.9 Å². The topological polar surface area (TPSA) is 96.1 Å². The maximum Gasteiger partial charge on any atom is 0.419 e. The first-order valence-corrected chi connectivity index (χ1v) is 13.8. The van der Waals surface area contributed by atoms with Gasteiger partial charge in [0, 0.05) is 63.5 Å². The van der Waals surface area contributed by atoms with Crippen molar-refractivity contribution in [1.29, 1.82) is 0 Å². The van der Waals surface area contributed by atoms with Gasteiger partial charge in [0.1, 0.15) is 0 Å². The van der Waals surface area contributed by atoms with Gasteiger partial charge in [-0.25, -0.2) is 13.2 Å². The molecule has 2 saturated heterocycles. The molecule has 9 nitrogen and oxygen atoms in total. The average Bonchev–Trinajstić information content (AvgIpc) is 3.17. The number of amides is 1. The molecule has 1 amide bonds. The van der Waals surface area contributed by atoms with E-state index in [1.54, 1.807) is 13.1 Å². The molecule has 0 spiro atoms. The summed E-state index contributed by atoms with van der Waals surface area (Å²) in [5, 5.41) is 0. The molecule has 1 atom stereocenters. The Hall–Kier alpha value is -3.11. The van der Waals surface area contributed by atoms with Crippen LogP contribution in [0.2, 0.25) is 0 Å². The lowest BCUT2D eigenvalue weighted by Crippen LogP contribution is -2.55. The first-order chi connectivity index (χ1) is 17.1. The van der Waals surface area contributed by atoms with Crippen LogP contribution in [0.4, 0.5) is 5.69 Å². The fourth-order valence-corrected chi connectivity index (χ4v) is 6.79. The summed E-state index contributed by atoms with van der Waals surface area (Å²) in [5.74, 6) is -0.591. The quantitative estimate of drug-likeness (QED) is 0.533. The highest BCUT2D eigenvalue weighted by Crippen LogP contribution is 2.28. The van der Waals surface area contributed by atoms with E-state index in [9.17, 15) is 18.0 Å². The second-order valence-electron chi connectivity index (χ2n) is 9.90. The second kappa shape index (κ2) is 9.40. The van der Waals surface area contributed by atoms with Crippen LogP contribution in [0.5, 0.6) is 0 Å². The van der Waals surface area contributed by atoms with Gasteiger partial charge in [-0.15, -0.1) is 0 Å². The highest BCUT2D eigenvalue weighted by molar-refractivity contribution is 7.89. The largest absolute Gasteiger partial charge is 0.419 e. The van der Waals surface area contributed by atoms with E-state index in [0.717, 1.165) is 6.54 Å². The Morgan fingerprint density at radius 2 is 1.69 bits per heavy atom. The van der Waals surface area contributed by atoms with Crippen LogP contribution >= 0.6 is 0 Å². The highest BCUT2D eigenvalue weighted by atomic mass is 32.2. The smallest absolute Gasteiger partial charge is 0.408 e. The first-order valence-electron chi connectivity index (χ1n) is 12.4. The molecule has 10 heteroatoms. The Morgan fingerprint density at radius 1 is 1.00 bits per heavy atom. The molecule has 3 aromatic rings. The number of hydrogen-bond acceptors (Lipinski definition) is 6. The summed E-state index contributed by atoms with van der Waals surface area (Å²) in [6, 6.07) is 13.2. The lowest BCUT2D eigenvalue weighted by atomic mass is 9.95. The molecule has 0 saturated carbocycles. The Bertz CT molecular complexity index is 1440. The van der Waals surface area contributed by atoms with E-state index in [-0.39, 0.29) is 41.4 Å². The molecule has 1 aromatic heterocycles. The summed E-state index contributed by atoms with van der Waals surface area (Å²) in [6.45, 7) is 6.89. The van der Waals surface area contributed by atoms with E-state index in [1.165, 1.54) is 32.3 Å². The van der Waals surface area contributed by atoms with Gasteiger partial charge in [0.05, 0.1) is 10.4 Å². The zero-order valence-corrected chi connectivity index (χ0v) is 21.7. The van der Waals surface area contributed by atoms with Crippen molar-refractivity contribution in [2.24, 2.45) is 13.0 Å². The van der Waals surface area contributed by atoms with Gasteiger partial charge in [0.25, 0.3) is 0 Å². The number of benzene rings is 2. The molecular weight excluding hydrogens is 480 g/mol. The SMILES string of the molecule is Cc1ccc(N2CCN(C(=O)C3CCN(S(=O)(=O)c4ccc5c(c4)oc(=O)n5C)CC3)CC2C)cc1. The van der Waals surface area contributed by atoms with E-state index >= 15 is 0 Å². The maximum atomic E-state index is 13.3. The predicted octanol–water partition coefficient (Wildman–Crippen LogP) is 2.58. The van der Waals surface area contributed by atoms with Crippen LogP contribution in [0.25, 0.3) is 11.1 Å². The predicted molar refractivity (Wildman–Crippen MR) is 138 cm³/mol. The highest BCUT2D eigenvalue weighted by Gasteiger charge is 2.36. The Morgan fingerprint density at radius 3 is 2.36 bits per heavy atom. The number of sulfonamides is 1. The fraction of sp³-hybridized carbons (Fsp3) is 0.462. The summed E-state index contributed by atoms with van der Waals surface area (Å²) in [6.07, 6.45) is 0.987. The fourth-order valence-electron chi connectivity index (χ4n) is 5.30. The number of aromatic nitrogens is 1. The monoisotopic (exact) mass is 512 g/mol. The van der Waals surface area contributed by atoms with Gasteiger partial charge < -0.3 is 14.2 Å². The molecule has 0 radical (unpaired) electrons. The molecule has 0 bridgehead atoms. The molecular formula is C26H32N4O5S. The molecule has 192 valence electrons. The van der Waals surface area contributed by atoms with E-state index < -0.39 is 15.8 Å². The molecule has 2 aromatic carbocycles. The zero-order valence-electron chi connectivity index (χ0n) is 20.9. The van der Waals surface area contributed by atoms with Crippen LogP contribution in [0, 0.1) is 12.8 Å². The molecule has 36 heavy (non-hydrogen) atoms. The van der Waals surface area contributed by atoms with E-state index in [2.05, 4.69) is 43.0 Å². The van der Waals surface area contributed by atoms with E-state index in [1.807, 2.05) is 4.90 Å². The van der Waals surface area contributed by atoms with Gasteiger partial charge in [-0.1, -0.05) is 17.7 Å². The van der Waals surface area contributed by atoms with Gasteiger partial charge in [0.15, 0.2) is 5.58 Å². The third-order valence-corrected chi connectivity index (χ3v) is 9.40. The van der Waals surface area contributed by atoms with Crippen molar-refractivity contribution in [2.45, 2.75) is 37.6 Å². The third kappa shape index (κ3) is 4.43. The van der Waals surface area contributed by atoms with Gasteiger partial charge in [-0.3, -0.25) is 9.36 Å². The number of hydrogen-bond donors (Lipinski definition) is 0. The molecule has 2 aliphatic heterocycles. The van der Waals surface area contributed by atoms with Crippen LogP contribution in [0.3, 0.4) is 0 Å². The molecule has 2 aliphatic rings. The van der Waals surface area contributed by atoms with Crippen molar-refractivity contribution in [3.63, 3.8) is 0 Å². The minimum absolute atomic E-state index is 0.0928. The van der Waals surface area contributed by atoms with Crippen molar-refractivity contribution in [3.8, 4) is 0 Å². The average molecular weight is 513 g/mol. The third-order valence-electron chi connectivity index (χ3n) is 7.51. The summed E-state index contributed by atoms with van der Waals surface area (Å²) in [4.78, 5) is 29.4. The standard InChI is InChI=1S/C26H32N4O5S/c1-18-4-6-21(7-5-18)30-15-14-28(17-19(30)2)25(31)20-10-12-29(13-11-20)36(33,34)22-8-9-23-24(16-22)35-26(32)27(23)3/h4-9,16,19-20H,10-15,17H2,1-3H3. The van der Waals surface area contributed by atoms with Gasteiger partial charge in [-0.05, 0) is 51.0 Å². The van der Waals surface area contributed by atoms with Crippen LogP contribution in [0.15, 0.2) is 56.6 Å². The van der Waals surface area contributed by atoms with Crippen LogP contribution < -0.4 is 10.7 Å². The van der Waals surface area contributed by atoms with E-state index in [4.69, 9.17) is 4.42 Å². The van der Waals surface area contributed by atoms with Crippen LogP contribution in [-0.4, -0.2) is 66.9 Å². The summed E-state index contributed by atoms with van der Waals surface area (Å²) in [7, 11) is -2.17. The Balaban J connectivity index is 1.21. The minimum Gasteiger partial charge on any atom is -0.408 e. The molecule has 3 heterocycles. The number of aryl methyl sites for hydroxylation is 2.